The lowest BCUT2D eigenvalue weighted by atomic mass is 9.97. The molecule has 0 unspecified atom stereocenters. The van der Waals surface area contributed by atoms with Gasteiger partial charge in [-0.3, -0.25) is 9.89 Å². The summed E-state index contributed by atoms with van der Waals surface area (Å²) in [6.07, 6.45) is 9.47. The molecule has 34 heavy (non-hydrogen) atoms. The van der Waals surface area contributed by atoms with E-state index in [1.54, 1.807) is 12.4 Å². The molecule has 2 aliphatic heterocycles. The van der Waals surface area contributed by atoms with Crippen LogP contribution in [0.15, 0.2) is 67.0 Å². The van der Waals surface area contributed by atoms with Crippen LogP contribution in [-0.2, 0) is 0 Å². The van der Waals surface area contributed by atoms with E-state index in [9.17, 15) is 9.18 Å². The maximum Gasteiger partial charge on any atom is 0.255 e. The molecule has 176 valence electrons. The Labute approximate surface area is 199 Å². The van der Waals surface area contributed by atoms with E-state index >= 15 is 0 Å². The van der Waals surface area contributed by atoms with Crippen LogP contribution < -0.4 is 16.0 Å². The molecule has 0 fully saturated rings. The standard InChI is InChI=1S/C24H26FN3O.C3H4N2/c1-16-14-21(19-8-12-27-13-9-19)22(25)15-23(16)28-24(29)20-4-2-17(3-5-20)18-6-10-26-11-7-18;1-2-4-5-3-1/h2-6,8,14-15,26-27H,7,9-13H2,1H3,(H,28,29);1-3H,(H,4,5). The first kappa shape index (κ1) is 23.6. The molecule has 3 heterocycles. The molecule has 0 radical (unpaired) electrons. The second-order valence-corrected chi connectivity index (χ2v) is 8.31. The number of carbonyl (C=O) groups excluding carboxylic acids is 1. The summed E-state index contributed by atoms with van der Waals surface area (Å²) >= 11 is 0. The van der Waals surface area contributed by atoms with Crippen molar-refractivity contribution in [3.63, 3.8) is 0 Å². The van der Waals surface area contributed by atoms with Crippen molar-refractivity contribution in [3.05, 3.63) is 95.1 Å². The molecule has 0 saturated heterocycles. The Morgan fingerprint density at radius 3 is 2.26 bits per heavy atom. The van der Waals surface area contributed by atoms with Crippen LogP contribution in [0.2, 0.25) is 0 Å². The lowest BCUT2D eigenvalue weighted by molar-refractivity contribution is 0.102. The maximum absolute atomic E-state index is 14.7. The van der Waals surface area contributed by atoms with Gasteiger partial charge in [0.25, 0.3) is 5.91 Å². The van der Waals surface area contributed by atoms with Crippen molar-refractivity contribution in [2.75, 3.05) is 31.5 Å². The minimum atomic E-state index is -0.299. The molecule has 7 heteroatoms. The van der Waals surface area contributed by atoms with Crippen LogP contribution in [0, 0.1) is 12.7 Å². The van der Waals surface area contributed by atoms with Crippen molar-refractivity contribution in [2.45, 2.75) is 19.8 Å². The van der Waals surface area contributed by atoms with Crippen molar-refractivity contribution in [3.8, 4) is 0 Å². The largest absolute Gasteiger partial charge is 0.322 e. The number of halogens is 1. The number of hydrogen-bond acceptors (Lipinski definition) is 4. The fourth-order valence-electron chi connectivity index (χ4n) is 4.06. The first-order chi connectivity index (χ1) is 16.6. The lowest BCUT2D eigenvalue weighted by Crippen LogP contribution is -2.20. The second-order valence-electron chi connectivity index (χ2n) is 8.31. The maximum atomic E-state index is 14.7. The van der Waals surface area contributed by atoms with Gasteiger partial charge in [-0.05, 0) is 85.5 Å². The third-order valence-electron chi connectivity index (χ3n) is 5.96. The molecule has 0 saturated carbocycles. The van der Waals surface area contributed by atoms with Gasteiger partial charge in [-0.2, -0.15) is 5.10 Å². The van der Waals surface area contributed by atoms with E-state index in [0.29, 0.717) is 16.8 Å². The summed E-state index contributed by atoms with van der Waals surface area (Å²) in [5, 5.41) is 15.6. The Bertz CT molecular complexity index is 1150. The zero-order valence-electron chi connectivity index (χ0n) is 19.3. The SMILES string of the molecule is Cc1cc(C2=CCNCC2)c(F)cc1NC(=O)c1ccc(C2=CCNCC2)cc1.c1cn[nH]c1. The number of aromatic amines is 1. The lowest BCUT2D eigenvalue weighted by Gasteiger charge is -2.17. The van der Waals surface area contributed by atoms with E-state index in [2.05, 4.69) is 32.2 Å². The fourth-order valence-corrected chi connectivity index (χ4v) is 4.06. The number of aryl methyl sites for hydroxylation is 1. The van der Waals surface area contributed by atoms with E-state index in [-0.39, 0.29) is 11.7 Å². The van der Waals surface area contributed by atoms with Crippen LogP contribution >= 0.6 is 0 Å². The number of nitrogens with one attached hydrogen (secondary N) is 4. The van der Waals surface area contributed by atoms with E-state index in [0.717, 1.165) is 55.7 Å². The summed E-state index contributed by atoms with van der Waals surface area (Å²) in [6.45, 7) is 5.36. The Kier molecular flexibility index (Phi) is 8.01. The van der Waals surface area contributed by atoms with Crippen LogP contribution in [0.1, 0.15) is 39.9 Å². The normalized spacial score (nSPS) is 15.5. The minimum absolute atomic E-state index is 0.229. The predicted molar refractivity (Wildman–Crippen MR) is 135 cm³/mol. The molecule has 1 amide bonds. The number of benzene rings is 2. The third-order valence-corrected chi connectivity index (χ3v) is 5.96. The smallest absolute Gasteiger partial charge is 0.255 e. The first-order valence-electron chi connectivity index (χ1n) is 11.6. The number of carbonyl (C=O) groups is 1. The van der Waals surface area contributed by atoms with Crippen LogP contribution in [0.5, 0.6) is 0 Å². The molecule has 0 spiro atoms. The number of hydrogen-bond donors (Lipinski definition) is 4. The number of anilines is 1. The zero-order valence-corrected chi connectivity index (χ0v) is 19.3. The highest BCUT2D eigenvalue weighted by Gasteiger charge is 2.15. The van der Waals surface area contributed by atoms with E-state index in [1.807, 2.05) is 49.4 Å². The number of H-pyrrole nitrogens is 1. The van der Waals surface area contributed by atoms with Gasteiger partial charge in [-0.1, -0.05) is 24.3 Å². The van der Waals surface area contributed by atoms with Gasteiger partial charge in [-0.25, -0.2) is 4.39 Å². The summed E-state index contributed by atoms with van der Waals surface area (Å²) < 4.78 is 14.7. The first-order valence-corrected chi connectivity index (χ1v) is 11.6. The fraction of sp³-hybridized carbons (Fsp3) is 0.259. The summed E-state index contributed by atoms with van der Waals surface area (Å²) in [5.74, 6) is -0.528. The van der Waals surface area contributed by atoms with Gasteiger partial charge in [0, 0.05) is 42.3 Å². The van der Waals surface area contributed by atoms with E-state index < -0.39 is 0 Å². The summed E-state index contributed by atoms with van der Waals surface area (Å²) in [4.78, 5) is 12.7. The molecule has 3 aromatic rings. The third kappa shape index (κ3) is 6.07. The van der Waals surface area contributed by atoms with Crippen molar-refractivity contribution in [1.29, 1.82) is 0 Å². The van der Waals surface area contributed by atoms with E-state index in [1.165, 1.54) is 11.6 Å². The molecule has 5 rings (SSSR count). The topological polar surface area (TPSA) is 81.8 Å². The number of aromatic nitrogens is 2. The van der Waals surface area contributed by atoms with Crippen LogP contribution in [0.4, 0.5) is 10.1 Å². The van der Waals surface area contributed by atoms with Gasteiger partial charge in [0.05, 0.1) is 0 Å². The average molecular weight is 460 g/mol. The molecule has 1 aromatic heterocycles. The highest BCUT2D eigenvalue weighted by atomic mass is 19.1. The molecular formula is C27H30FN5O. The molecule has 4 N–H and O–H groups in total. The van der Waals surface area contributed by atoms with Gasteiger partial charge >= 0.3 is 0 Å². The van der Waals surface area contributed by atoms with Gasteiger partial charge in [0.1, 0.15) is 5.82 Å². The molecule has 2 aromatic carbocycles. The molecule has 0 bridgehead atoms. The quantitative estimate of drug-likeness (QED) is 0.461. The van der Waals surface area contributed by atoms with Crippen molar-refractivity contribution < 1.29 is 9.18 Å². The highest BCUT2D eigenvalue weighted by Crippen LogP contribution is 2.28. The van der Waals surface area contributed by atoms with Gasteiger partial charge in [-0.15, -0.1) is 0 Å². The Morgan fingerprint density at radius 1 is 1.00 bits per heavy atom. The summed E-state index contributed by atoms with van der Waals surface area (Å²) in [5.41, 5.74) is 6.02. The van der Waals surface area contributed by atoms with Gasteiger partial charge < -0.3 is 16.0 Å². The van der Waals surface area contributed by atoms with Crippen molar-refractivity contribution in [1.82, 2.24) is 20.8 Å². The molecule has 0 aliphatic carbocycles. The van der Waals surface area contributed by atoms with Gasteiger partial charge in [0.15, 0.2) is 0 Å². The number of amides is 1. The second kappa shape index (κ2) is 11.5. The number of nitrogens with zero attached hydrogens (tertiary/aromatic N) is 1. The van der Waals surface area contributed by atoms with Crippen LogP contribution in [0.25, 0.3) is 11.1 Å². The Hall–Kier alpha value is -3.55. The molecular weight excluding hydrogens is 429 g/mol. The van der Waals surface area contributed by atoms with Crippen LogP contribution in [0.3, 0.4) is 0 Å². The van der Waals surface area contributed by atoms with E-state index in [4.69, 9.17) is 0 Å². The minimum Gasteiger partial charge on any atom is -0.322 e. The predicted octanol–water partition coefficient (Wildman–Crippen LogP) is 4.55. The average Bonchev–Trinajstić information content (AvgIpc) is 3.48. The zero-order chi connectivity index (χ0) is 23.8. The van der Waals surface area contributed by atoms with Crippen molar-refractivity contribution >= 4 is 22.7 Å². The molecule has 6 nitrogen and oxygen atoms in total. The monoisotopic (exact) mass is 459 g/mol. The number of rotatable bonds is 4. The summed E-state index contributed by atoms with van der Waals surface area (Å²) in [6, 6.07) is 12.7. The highest BCUT2D eigenvalue weighted by molar-refractivity contribution is 6.04. The van der Waals surface area contributed by atoms with Crippen LogP contribution in [-0.4, -0.2) is 42.3 Å². The Morgan fingerprint density at radius 2 is 1.71 bits per heavy atom. The van der Waals surface area contributed by atoms with Gasteiger partial charge in [0.2, 0.25) is 0 Å². The Balaban J connectivity index is 0.000000486. The molecule has 2 aliphatic rings. The molecule has 0 atom stereocenters. The van der Waals surface area contributed by atoms with Crippen molar-refractivity contribution in [2.24, 2.45) is 0 Å². The summed E-state index contributed by atoms with van der Waals surface area (Å²) in [7, 11) is 0.